The largest absolute Gasteiger partial charge is 0.345 e. The third-order valence-electron chi connectivity index (χ3n) is 2.60. The quantitative estimate of drug-likeness (QED) is 0.766. The zero-order chi connectivity index (χ0) is 15.0. The summed E-state index contributed by atoms with van der Waals surface area (Å²) in [5.41, 5.74) is 5.10. The van der Waals surface area contributed by atoms with Gasteiger partial charge in [-0.15, -0.1) is 0 Å². The number of alkyl halides is 2. The number of aromatic nitrogens is 2. The van der Waals surface area contributed by atoms with Crippen LogP contribution >= 0.6 is 11.6 Å². The number of fused-ring (bicyclic) bond motifs is 1. The Morgan fingerprint density at radius 2 is 2.20 bits per heavy atom. The Bertz CT molecular complexity index is 732. The lowest BCUT2D eigenvalue weighted by atomic mass is 10.3. The highest BCUT2D eigenvalue weighted by Crippen LogP contribution is 2.28. The van der Waals surface area contributed by atoms with Gasteiger partial charge in [-0.3, -0.25) is 0 Å². The fourth-order valence-electron chi connectivity index (χ4n) is 1.55. The van der Waals surface area contributed by atoms with Gasteiger partial charge in [-0.1, -0.05) is 11.6 Å². The molecule has 110 valence electrons. The van der Waals surface area contributed by atoms with E-state index >= 15 is 0 Å². The highest BCUT2D eigenvalue weighted by atomic mass is 35.5. The lowest BCUT2D eigenvalue weighted by Gasteiger charge is -2.14. The molecule has 0 saturated carbocycles. The van der Waals surface area contributed by atoms with Gasteiger partial charge in [0.2, 0.25) is 10.0 Å². The fourth-order valence-corrected chi connectivity index (χ4v) is 3.10. The molecule has 0 bridgehead atoms. The topological polar surface area (TPSA) is 101 Å². The summed E-state index contributed by atoms with van der Waals surface area (Å²) >= 11 is 5.91. The monoisotopic (exact) mass is 324 g/mol. The van der Waals surface area contributed by atoms with E-state index in [4.69, 9.17) is 17.3 Å². The molecule has 0 unspecified atom stereocenters. The molecule has 20 heavy (non-hydrogen) atoms. The zero-order valence-corrected chi connectivity index (χ0v) is 11.6. The second-order valence-corrected chi connectivity index (χ2v) is 6.20. The average Bonchev–Trinajstić information content (AvgIpc) is 2.83. The molecule has 0 aliphatic rings. The lowest BCUT2D eigenvalue weighted by molar-refractivity contribution is 0.0170. The third-order valence-corrected chi connectivity index (χ3v) is 4.34. The predicted octanol–water partition coefficient (Wildman–Crippen LogP) is 1.09. The van der Waals surface area contributed by atoms with E-state index in [0.29, 0.717) is 0 Å². The van der Waals surface area contributed by atoms with Gasteiger partial charge in [0, 0.05) is 12.4 Å². The summed E-state index contributed by atoms with van der Waals surface area (Å²) in [5.74, 6) is -3.32. The van der Waals surface area contributed by atoms with Gasteiger partial charge in [0.25, 0.3) is 5.92 Å². The molecule has 2 heterocycles. The van der Waals surface area contributed by atoms with Crippen LogP contribution in [0.3, 0.4) is 0 Å². The zero-order valence-electron chi connectivity index (χ0n) is 10.0. The van der Waals surface area contributed by atoms with Gasteiger partial charge in [0.15, 0.2) is 0 Å². The molecule has 2 aromatic heterocycles. The van der Waals surface area contributed by atoms with Crippen LogP contribution in [-0.4, -0.2) is 37.4 Å². The van der Waals surface area contributed by atoms with Gasteiger partial charge in [-0.25, -0.2) is 26.9 Å². The summed E-state index contributed by atoms with van der Waals surface area (Å²) in [4.78, 5) is 6.28. The number of hydrogen-bond donors (Lipinski definition) is 3. The van der Waals surface area contributed by atoms with Crippen LogP contribution in [0.4, 0.5) is 8.78 Å². The van der Waals surface area contributed by atoms with E-state index in [1.54, 1.807) is 0 Å². The van der Waals surface area contributed by atoms with Crippen molar-refractivity contribution in [1.82, 2.24) is 14.7 Å². The first-order valence-electron chi connectivity index (χ1n) is 5.46. The molecule has 6 nitrogen and oxygen atoms in total. The number of nitrogens with zero attached hydrogens (tertiary/aromatic N) is 1. The lowest BCUT2D eigenvalue weighted by Crippen LogP contribution is -2.41. The minimum atomic E-state index is -4.15. The molecule has 0 aliphatic carbocycles. The number of pyridine rings is 1. The first kappa shape index (κ1) is 15.1. The predicted molar refractivity (Wildman–Crippen MR) is 70.3 cm³/mol. The number of hydrogen-bond acceptors (Lipinski definition) is 4. The van der Waals surface area contributed by atoms with Crippen molar-refractivity contribution < 1.29 is 17.2 Å². The van der Waals surface area contributed by atoms with Crippen molar-refractivity contribution >= 4 is 32.7 Å². The van der Waals surface area contributed by atoms with E-state index in [0.717, 1.165) is 6.20 Å². The van der Waals surface area contributed by atoms with Crippen molar-refractivity contribution in [2.45, 2.75) is 10.8 Å². The molecule has 10 heteroatoms. The summed E-state index contributed by atoms with van der Waals surface area (Å²) in [6, 6.07) is 1.41. The fraction of sp³-hybridized carbons (Fsp3) is 0.300. The normalized spacial score (nSPS) is 13.0. The van der Waals surface area contributed by atoms with Gasteiger partial charge in [-0.05, 0) is 6.07 Å². The van der Waals surface area contributed by atoms with Crippen molar-refractivity contribution in [3.05, 3.63) is 23.5 Å². The number of aromatic amines is 1. The Hall–Kier alpha value is -1.29. The summed E-state index contributed by atoms with van der Waals surface area (Å²) in [6.45, 7) is -2.04. The van der Waals surface area contributed by atoms with E-state index in [2.05, 4.69) is 9.97 Å². The highest BCUT2D eigenvalue weighted by molar-refractivity contribution is 7.89. The smallest absolute Gasteiger partial charge is 0.273 e. The molecule has 0 amide bonds. The van der Waals surface area contributed by atoms with Crippen LogP contribution < -0.4 is 10.5 Å². The average molecular weight is 325 g/mol. The SMILES string of the molecule is NCC(F)(F)CNS(=O)(=O)c1c[nH]c2nccc(Cl)c12. The Kier molecular flexibility index (Phi) is 3.96. The molecular formula is C10H11ClF2N4O2S. The number of nitrogens with two attached hydrogens (primary N) is 1. The number of halogens is 3. The van der Waals surface area contributed by atoms with Crippen LogP contribution in [0.5, 0.6) is 0 Å². The number of rotatable bonds is 5. The van der Waals surface area contributed by atoms with Crippen molar-refractivity contribution in [3.63, 3.8) is 0 Å². The number of H-pyrrole nitrogens is 1. The first-order valence-corrected chi connectivity index (χ1v) is 7.32. The van der Waals surface area contributed by atoms with E-state index in [9.17, 15) is 17.2 Å². The molecule has 0 radical (unpaired) electrons. The first-order chi connectivity index (χ1) is 9.27. The standard InChI is InChI=1S/C10H11ClF2N4O2S/c11-6-1-2-15-9-8(6)7(3-16-9)20(18,19)17-5-10(12,13)4-14/h1-3,17H,4-5,14H2,(H,15,16). The summed E-state index contributed by atoms with van der Waals surface area (Å²) in [5, 5.41) is 0.306. The Balaban J connectivity index is 2.38. The Morgan fingerprint density at radius 3 is 2.85 bits per heavy atom. The molecule has 0 spiro atoms. The molecule has 0 saturated heterocycles. The maximum absolute atomic E-state index is 13.0. The maximum Gasteiger partial charge on any atom is 0.273 e. The van der Waals surface area contributed by atoms with Crippen LogP contribution in [0.15, 0.2) is 23.4 Å². The van der Waals surface area contributed by atoms with Crippen LogP contribution in [0.25, 0.3) is 11.0 Å². The summed E-state index contributed by atoms with van der Waals surface area (Å²) in [6.07, 6.45) is 2.54. The van der Waals surface area contributed by atoms with Crippen LogP contribution in [0.1, 0.15) is 0 Å². The number of sulfonamides is 1. The minimum Gasteiger partial charge on any atom is -0.345 e. The van der Waals surface area contributed by atoms with Gasteiger partial charge in [0.05, 0.1) is 23.5 Å². The van der Waals surface area contributed by atoms with Crippen molar-refractivity contribution in [1.29, 1.82) is 0 Å². The van der Waals surface area contributed by atoms with Gasteiger partial charge >= 0.3 is 0 Å². The molecular weight excluding hydrogens is 314 g/mol. The van der Waals surface area contributed by atoms with Gasteiger partial charge in [0.1, 0.15) is 10.5 Å². The van der Waals surface area contributed by atoms with E-state index in [1.807, 2.05) is 4.72 Å². The highest BCUT2D eigenvalue weighted by Gasteiger charge is 2.30. The third kappa shape index (κ3) is 2.90. The maximum atomic E-state index is 13.0. The van der Waals surface area contributed by atoms with Crippen LogP contribution in [0, 0.1) is 0 Å². The van der Waals surface area contributed by atoms with Crippen molar-refractivity contribution in [3.8, 4) is 0 Å². The van der Waals surface area contributed by atoms with Crippen molar-refractivity contribution in [2.75, 3.05) is 13.1 Å². The molecule has 4 N–H and O–H groups in total. The van der Waals surface area contributed by atoms with E-state index < -0.39 is 29.0 Å². The molecule has 0 aromatic carbocycles. The molecule has 0 fully saturated rings. The minimum absolute atomic E-state index is 0.151. The summed E-state index contributed by atoms with van der Waals surface area (Å²) < 4.78 is 51.9. The Labute approximate surface area is 118 Å². The van der Waals surface area contributed by atoms with Gasteiger partial charge in [-0.2, -0.15) is 0 Å². The number of nitrogens with one attached hydrogen (secondary N) is 2. The molecule has 2 rings (SSSR count). The van der Waals surface area contributed by atoms with Crippen LogP contribution in [-0.2, 0) is 10.0 Å². The molecule has 0 aliphatic heterocycles. The Morgan fingerprint density at radius 1 is 1.50 bits per heavy atom. The van der Waals surface area contributed by atoms with Crippen LogP contribution in [0.2, 0.25) is 5.02 Å². The van der Waals surface area contributed by atoms with E-state index in [1.165, 1.54) is 12.3 Å². The van der Waals surface area contributed by atoms with E-state index in [-0.39, 0.29) is 21.0 Å². The van der Waals surface area contributed by atoms with Crippen molar-refractivity contribution in [2.24, 2.45) is 5.73 Å². The van der Waals surface area contributed by atoms with Gasteiger partial charge < -0.3 is 10.7 Å². The second kappa shape index (κ2) is 5.24. The molecule has 0 atom stereocenters. The molecule has 2 aromatic rings. The second-order valence-electron chi connectivity index (χ2n) is 4.05. The summed E-state index contributed by atoms with van der Waals surface area (Å²) in [7, 11) is -4.15.